The number of ether oxygens (including phenoxy) is 10. The van der Waals surface area contributed by atoms with Crippen molar-refractivity contribution in [2.75, 3.05) is 19.8 Å². The van der Waals surface area contributed by atoms with Gasteiger partial charge in [-0.1, -0.05) is 282 Å². The first kappa shape index (κ1) is 63.3. The molecule has 0 radical (unpaired) electrons. The van der Waals surface area contributed by atoms with Gasteiger partial charge in [0.1, 0.15) is 42.7 Å². The summed E-state index contributed by atoms with van der Waals surface area (Å²) in [5.41, 5.74) is 8.35. The predicted octanol–water partition coefficient (Wildman–Crippen LogP) is 15.0. The molecule has 2 fully saturated rings. The van der Waals surface area contributed by atoms with Crippen molar-refractivity contribution in [3.8, 4) is 0 Å². The van der Waals surface area contributed by atoms with E-state index in [2.05, 4.69) is 145 Å². The fraction of sp³-hybridized carbons (Fsp3) is 0.368. The van der Waals surface area contributed by atoms with Crippen molar-refractivity contribution >= 4 is 0 Å². The smallest absolute Gasteiger partial charge is 0.186 e. The molecule has 2 saturated heterocycles. The molecule has 0 bridgehead atoms. The topological polar surface area (TPSA) is 95.5 Å². The Balaban J connectivity index is 1.10. The summed E-state index contributed by atoms with van der Waals surface area (Å²) in [6.45, 7) is 5.91. The van der Waals surface area contributed by atoms with Gasteiger partial charge in [0, 0.05) is 19.7 Å². The van der Waals surface area contributed by atoms with Gasteiger partial charge in [-0.2, -0.15) is 0 Å². The molecule has 456 valence electrons. The van der Waals surface area contributed by atoms with E-state index in [-0.39, 0.29) is 26.4 Å². The largest absolute Gasteiger partial charge is 0.374 e. The average Bonchev–Trinajstić information content (AvgIpc) is 1.13. The summed E-state index contributed by atoms with van der Waals surface area (Å²) in [7, 11) is 0. The van der Waals surface area contributed by atoms with Gasteiger partial charge in [0.25, 0.3) is 0 Å². The van der Waals surface area contributed by atoms with Crippen molar-refractivity contribution in [3.63, 3.8) is 0 Å². The van der Waals surface area contributed by atoms with Gasteiger partial charge >= 0.3 is 0 Å². The van der Waals surface area contributed by atoms with E-state index in [1.54, 1.807) is 0 Å². The van der Waals surface area contributed by atoms with E-state index in [1.165, 1.54) is 19.3 Å². The maximum absolute atomic E-state index is 8.00. The number of benzene rings is 8. The number of unbranched alkanes of at least 4 members (excludes halogenated alkanes) is 5. The van der Waals surface area contributed by atoms with Gasteiger partial charge in [-0.25, -0.2) is 0 Å². The molecule has 8 aromatic rings. The zero-order valence-corrected chi connectivity index (χ0v) is 50.4. The minimum Gasteiger partial charge on any atom is -0.374 e. The normalized spacial score (nSPS) is 22.1. The van der Waals surface area contributed by atoms with Crippen LogP contribution < -0.4 is 0 Å². The van der Waals surface area contributed by atoms with Crippen LogP contribution in [0.2, 0.25) is 0 Å². The molecular formula is C76H87NO10. The molecular weight excluding hydrogens is 1090 g/mol. The molecule has 8 aromatic carbocycles. The van der Waals surface area contributed by atoms with Crippen LogP contribution >= 0.6 is 0 Å². The lowest BCUT2D eigenvalue weighted by molar-refractivity contribution is -0.369. The summed E-state index contributed by atoms with van der Waals surface area (Å²) >= 11 is 0. The second-order valence-corrected chi connectivity index (χ2v) is 22.7. The Morgan fingerprint density at radius 3 is 1.07 bits per heavy atom. The van der Waals surface area contributed by atoms with Crippen LogP contribution in [0.5, 0.6) is 0 Å². The summed E-state index contributed by atoms with van der Waals surface area (Å²) in [4.78, 5) is 2.44. The molecule has 10 rings (SSSR count). The van der Waals surface area contributed by atoms with Crippen molar-refractivity contribution < 1.29 is 47.4 Å². The van der Waals surface area contributed by atoms with Crippen molar-refractivity contribution in [1.29, 1.82) is 0 Å². The molecule has 0 N–H and O–H groups in total. The molecule has 0 saturated carbocycles. The van der Waals surface area contributed by atoms with E-state index in [9.17, 15) is 0 Å². The first-order valence-corrected chi connectivity index (χ1v) is 31.4. The molecule has 0 aromatic heterocycles. The minimum atomic E-state index is -1.02. The van der Waals surface area contributed by atoms with Crippen LogP contribution in [0.25, 0.3) is 0 Å². The van der Waals surface area contributed by atoms with Crippen LogP contribution in [0, 0.1) is 0 Å². The lowest BCUT2D eigenvalue weighted by Crippen LogP contribution is -2.68. The van der Waals surface area contributed by atoms with Crippen LogP contribution in [-0.2, 0) is 100 Å². The van der Waals surface area contributed by atoms with Crippen molar-refractivity contribution in [1.82, 2.24) is 4.90 Å². The van der Waals surface area contributed by atoms with Crippen molar-refractivity contribution in [3.05, 3.63) is 287 Å². The molecule has 87 heavy (non-hydrogen) atoms. The summed E-state index contributed by atoms with van der Waals surface area (Å²) in [6, 6.07) is 82.0. The van der Waals surface area contributed by atoms with Crippen LogP contribution in [0.15, 0.2) is 243 Å². The third kappa shape index (κ3) is 19.9. The first-order valence-electron chi connectivity index (χ1n) is 31.4. The predicted molar refractivity (Wildman–Crippen MR) is 340 cm³/mol. The Hall–Kier alpha value is -6.68. The Morgan fingerprint density at radius 2 is 0.644 bits per heavy atom. The molecule has 11 heteroatoms. The number of hydrogen-bond donors (Lipinski definition) is 0. The van der Waals surface area contributed by atoms with Crippen LogP contribution in [0.4, 0.5) is 0 Å². The summed E-state index contributed by atoms with van der Waals surface area (Å²) in [5.74, 6) is 0. The molecule has 11 nitrogen and oxygen atoms in total. The van der Waals surface area contributed by atoms with Crippen LogP contribution in [0.3, 0.4) is 0 Å². The fourth-order valence-electron chi connectivity index (χ4n) is 11.5. The Kier molecular flexibility index (Phi) is 25.7. The minimum absolute atomic E-state index is 0.141. The highest BCUT2D eigenvalue weighted by molar-refractivity contribution is 5.21. The van der Waals surface area contributed by atoms with E-state index in [4.69, 9.17) is 47.4 Å². The fourth-order valence-corrected chi connectivity index (χ4v) is 11.5. The van der Waals surface area contributed by atoms with Crippen molar-refractivity contribution in [2.24, 2.45) is 0 Å². The third-order valence-electron chi connectivity index (χ3n) is 16.1. The molecule has 2 heterocycles. The van der Waals surface area contributed by atoms with E-state index in [0.29, 0.717) is 46.1 Å². The van der Waals surface area contributed by atoms with Crippen LogP contribution in [0.1, 0.15) is 90.0 Å². The molecule has 2 aliphatic rings. The Bertz CT molecular complexity index is 3020. The number of rotatable bonds is 35. The molecule has 10 atom stereocenters. The van der Waals surface area contributed by atoms with E-state index in [0.717, 1.165) is 63.8 Å². The van der Waals surface area contributed by atoms with Gasteiger partial charge in [-0.3, -0.25) is 4.90 Å². The quantitative estimate of drug-likeness (QED) is 0.0355. The zero-order valence-electron chi connectivity index (χ0n) is 50.4. The molecule has 0 spiro atoms. The van der Waals surface area contributed by atoms with Gasteiger partial charge in [-0.15, -0.1) is 0 Å². The van der Waals surface area contributed by atoms with Crippen molar-refractivity contribution in [2.45, 2.75) is 160 Å². The lowest BCUT2D eigenvalue weighted by Gasteiger charge is -2.52. The van der Waals surface area contributed by atoms with E-state index >= 15 is 0 Å². The highest BCUT2D eigenvalue weighted by Crippen LogP contribution is 2.38. The van der Waals surface area contributed by atoms with Gasteiger partial charge < -0.3 is 47.4 Å². The average molecular weight is 1170 g/mol. The SMILES string of the molecule is CCCCCCCCO[C@@H]1O[C@H](COCc2ccccc2)[C@H](O[C@@H]2O[C@H](COCc3ccccc3)[C@H](OCc3ccccc3)[C@H](OCc3ccccc3)[C@H]2N(Cc2ccccc2)Cc2ccccc2)[C@H](OCc2ccccc2)[C@H]1OCc1ccccc1. The standard InChI is InChI=1S/C76H87NO10/c1-2-3-4-5-6-31-48-80-76-74(84-56-66-46-29-14-30-47-66)73(83-55-65-44-27-13-28-45-65)71(68(86-76)58-79-52-62-38-21-10-22-39-62)87-75-69(77(49-59-32-15-7-16-33-59)50-60-34-17-8-18-35-60)72(82-54-64-42-25-12-26-43-64)70(81-53-63-40-23-11-24-41-63)67(85-75)57-78-51-61-36-19-9-20-37-61/h7-30,32-47,67-76H,2-6,31,48-58H2,1H3/t67-,68-,69-,70+,71+,72-,73+,74-,75+,76-/m1/s1. The highest BCUT2D eigenvalue weighted by atomic mass is 16.8. The number of nitrogens with zero attached hydrogens (tertiary/aromatic N) is 1. The van der Waals surface area contributed by atoms with Gasteiger partial charge in [0.2, 0.25) is 0 Å². The lowest BCUT2D eigenvalue weighted by atomic mass is 9.92. The maximum atomic E-state index is 8.00. The van der Waals surface area contributed by atoms with Gasteiger partial charge in [0.15, 0.2) is 12.6 Å². The molecule has 0 amide bonds. The maximum Gasteiger partial charge on any atom is 0.186 e. The Labute approximate surface area is 516 Å². The molecule has 2 aliphatic heterocycles. The summed E-state index contributed by atoms with van der Waals surface area (Å²) in [6.07, 6.45) is -0.402. The Morgan fingerprint density at radius 1 is 0.310 bits per heavy atom. The summed E-state index contributed by atoms with van der Waals surface area (Å²) in [5, 5.41) is 0. The second kappa shape index (κ2) is 35.3. The van der Waals surface area contributed by atoms with Crippen LogP contribution in [-0.4, -0.2) is 86.1 Å². The first-order chi connectivity index (χ1) is 43.1. The number of hydrogen-bond acceptors (Lipinski definition) is 11. The second-order valence-electron chi connectivity index (χ2n) is 22.7. The molecule has 0 aliphatic carbocycles. The summed E-state index contributed by atoms with van der Waals surface area (Å²) < 4.78 is 72.8. The third-order valence-corrected chi connectivity index (χ3v) is 16.1. The molecule has 0 unspecified atom stereocenters. The zero-order chi connectivity index (χ0) is 59.3. The monoisotopic (exact) mass is 1170 g/mol. The van der Waals surface area contributed by atoms with E-state index < -0.39 is 61.3 Å². The van der Waals surface area contributed by atoms with E-state index in [1.807, 2.05) is 109 Å². The highest BCUT2D eigenvalue weighted by Gasteiger charge is 2.55. The van der Waals surface area contributed by atoms with Gasteiger partial charge in [-0.05, 0) is 50.9 Å². The van der Waals surface area contributed by atoms with Gasteiger partial charge in [0.05, 0.1) is 58.9 Å².